The highest BCUT2D eigenvalue weighted by Crippen LogP contribution is 2.18. The van der Waals surface area contributed by atoms with Crippen LogP contribution in [0.25, 0.3) is 0 Å². The van der Waals surface area contributed by atoms with E-state index in [-0.39, 0.29) is 0 Å². The summed E-state index contributed by atoms with van der Waals surface area (Å²) in [5.74, 6) is 2.39. The molecule has 0 saturated heterocycles. The molecule has 0 radical (unpaired) electrons. The highest BCUT2D eigenvalue weighted by Gasteiger charge is 2.10. The molecule has 0 aliphatic carbocycles. The molecule has 0 aliphatic rings. The molecule has 0 aromatic heterocycles. The highest BCUT2D eigenvalue weighted by molar-refractivity contribution is 9.10. The van der Waals surface area contributed by atoms with Crippen LogP contribution in [0.4, 0.5) is 0 Å². The molecule has 1 nitrogen and oxygen atoms in total. The van der Waals surface area contributed by atoms with Crippen LogP contribution in [-0.4, -0.2) is 24.1 Å². The van der Waals surface area contributed by atoms with Crippen molar-refractivity contribution in [2.24, 2.45) is 0 Å². The molecular weight excluding hydrogens is 294 g/mol. The van der Waals surface area contributed by atoms with Gasteiger partial charge in [-0.25, -0.2) is 0 Å². The first-order chi connectivity index (χ1) is 8.27. The highest BCUT2D eigenvalue weighted by atomic mass is 79.9. The molecule has 1 rings (SSSR count). The zero-order chi connectivity index (χ0) is 12.5. The van der Waals surface area contributed by atoms with Gasteiger partial charge in [0.2, 0.25) is 0 Å². The van der Waals surface area contributed by atoms with Gasteiger partial charge in [0.25, 0.3) is 0 Å². The van der Waals surface area contributed by atoms with Gasteiger partial charge in [-0.1, -0.05) is 48.0 Å². The molecule has 1 N–H and O–H groups in total. The summed E-state index contributed by atoms with van der Waals surface area (Å²) in [6.07, 6.45) is 2.30. The van der Waals surface area contributed by atoms with Crippen molar-refractivity contribution >= 4 is 27.7 Å². The van der Waals surface area contributed by atoms with Crippen LogP contribution >= 0.6 is 27.7 Å². The zero-order valence-electron chi connectivity index (χ0n) is 10.7. The van der Waals surface area contributed by atoms with Crippen LogP contribution < -0.4 is 5.32 Å². The molecule has 17 heavy (non-hydrogen) atoms. The van der Waals surface area contributed by atoms with Crippen LogP contribution in [-0.2, 0) is 6.42 Å². The van der Waals surface area contributed by atoms with Crippen LogP contribution in [0.15, 0.2) is 28.7 Å². The Kier molecular flexibility index (Phi) is 7.99. The summed E-state index contributed by atoms with van der Waals surface area (Å²) in [6, 6.07) is 9.10. The molecule has 1 unspecified atom stereocenters. The number of hydrogen-bond acceptors (Lipinski definition) is 2. The van der Waals surface area contributed by atoms with Crippen molar-refractivity contribution in [1.82, 2.24) is 5.32 Å². The zero-order valence-corrected chi connectivity index (χ0v) is 13.1. The third-order valence-electron chi connectivity index (χ3n) is 2.63. The van der Waals surface area contributed by atoms with Gasteiger partial charge >= 0.3 is 0 Å². The van der Waals surface area contributed by atoms with Crippen molar-refractivity contribution in [3.63, 3.8) is 0 Å². The maximum atomic E-state index is 3.64. The predicted molar refractivity (Wildman–Crippen MR) is 82.9 cm³/mol. The first-order valence-corrected chi connectivity index (χ1v) is 8.27. The summed E-state index contributed by atoms with van der Waals surface area (Å²) in [5, 5.41) is 3.64. The van der Waals surface area contributed by atoms with E-state index in [2.05, 4.69) is 59.4 Å². The fraction of sp³-hybridized carbons (Fsp3) is 0.571. The monoisotopic (exact) mass is 315 g/mol. The second-order valence-corrected chi connectivity index (χ2v) is 6.28. The topological polar surface area (TPSA) is 12.0 Å². The van der Waals surface area contributed by atoms with E-state index in [9.17, 15) is 0 Å². The molecule has 0 fully saturated rings. The minimum atomic E-state index is 0.582. The van der Waals surface area contributed by atoms with E-state index in [0.717, 1.165) is 13.0 Å². The number of hydrogen-bond donors (Lipinski definition) is 1. The van der Waals surface area contributed by atoms with Crippen molar-refractivity contribution in [1.29, 1.82) is 0 Å². The first-order valence-electron chi connectivity index (χ1n) is 6.32. The van der Waals surface area contributed by atoms with E-state index in [1.54, 1.807) is 0 Å². The standard InChI is InChI=1S/C14H22BrNS/c1-3-9-16-13(11-17-4-2)10-12-7-5-6-8-14(12)15/h5-8,13,16H,3-4,9-11H2,1-2H3. The van der Waals surface area contributed by atoms with E-state index >= 15 is 0 Å². The normalized spacial score (nSPS) is 12.6. The van der Waals surface area contributed by atoms with Crippen LogP contribution in [0.5, 0.6) is 0 Å². The molecule has 96 valence electrons. The van der Waals surface area contributed by atoms with E-state index in [0.29, 0.717) is 6.04 Å². The fourth-order valence-electron chi connectivity index (χ4n) is 1.73. The summed E-state index contributed by atoms with van der Waals surface area (Å²) in [5.41, 5.74) is 1.40. The van der Waals surface area contributed by atoms with Crippen molar-refractivity contribution < 1.29 is 0 Å². The molecular formula is C14H22BrNS. The average Bonchev–Trinajstić information content (AvgIpc) is 2.35. The Labute approximate surface area is 118 Å². The second-order valence-electron chi connectivity index (χ2n) is 4.11. The molecule has 3 heteroatoms. The van der Waals surface area contributed by atoms with Gasteiger partial charge in [0.05, 0.1) is 0 Å². The molecule has 1 atom stereocenters. The maximum Gasteiger partial charge on any atom is 0.0207 e. The molecule has 0 bridgehead atoms. The lowest BCUT2D eigenvalue weighted by molar-refractivity contribution is 0.549. The van der Waals surface area contributed by atoms with Gasteiger partial charge < -0.3 is 5.32 Å². The van der Waals surface area contributed by atoms with Gasteiger partial charge in [0.1, 0.15) is 0 Å². The van der Waals surface area contributed by atoms with Gasteiger partial charge in [0, 0.05) is 16.3 Å². The Morgan fingerprint density at radius 1 is 1.29 bits per heavy atom. The Morgan fingerprint density at radius 3 is 2.71 bits per heavy atom. The minimum absolute atomic E-state index is 0.582. The van der Waals surface area contributed by atoms with Gasteiger partial charge in [-0.05, 0) is 36.8 Å². The Bertz CT molecular complexity index is 309. The summed E-state index contributed by atoms with van der Waals surface area (Å²) in [6.45, 7) is 5.55. The molecule has 0 saturated carbocycles. The predicted octanol–water partition coefficient (Wildman–Crippen LogP) is 4.11. The second kappa shape index (κ2) is 9.01. The van der Waals surface area contributed by atoms with Crippen molar-refractivity contribution in [2.45, 2.75) is 32.7 Å². The molecule has 0 spiro atoms. The average molecular weight is 316 g/mol. The summed E-state index contributed by atoms with van der Waals surface area (Å²) in [4.78, 5) is 0. The van der Waals surface area contributed by atoms with Crippen LogP contribution in [0.3, 0.4) is 0 Å². The summed E-state index contributed by atoms with van der Waals surface area (Å²) >= 11 is 5.64. The van der Waals surface area contributed by atoms with Gasteiger partial charge in [-0.15, -0.1) is 0 Å². The van der Waals surface area contributed by atoms with Crippen molar-refractivity contribution in [2.75, 3.05) is 18.1 Å². The molecule has 0 heterocycles. The number of nitrogens with one attached hydrogen (secondary N) is 1. The Balaban J connectivity index is 2.55. The Morgan fingerprint density at radius 2 is 2.06 bits per heavy atom. The van der Waals surface area contributed by atoms with Crippen LogP contribution in [0.1, 0.15) is 25.8 Å². The van der Waals surface area contributed by atoms with Crippen LogP contribution in [0, 0.1) is 0 Å². The van der Waals surface area contributed by atoms with Gasteiger partial charge in [-0.3, -0.25) is 0 Å². The fourth-order valence-corrected chi connectivity index (χ4v) is 2.93. The summed E-state index contributed by atoms with van der Waals surface area (Å²) in [7, 11) is 0. The third-order valence-corrected chi connectivity index (χ3v) is 4.45. The smallest absolute Gasteiger partial charge is 0.0207 e. The molecule has 1 aromatic rings. The number of rotatable bonds is 8. The lowest BCUT2D eigenvalue weighted by Crippen LogP contribution is -2.34. The third kappa shape index (κ3) is 5.94. The lowest BCUT2D eigenvalue weighted by Gasteiger charge is -2.18. The first kappa shape index (κ1) is 15.1. The molecule has 0 amide bonds. The number of benzene rings is 1. The molecule has 1 aromatic carbocycles. The quantitative estimate of drug-likeness (QED) is 0.774. The Hall–Kier alpha value is 0.01000. The lowest BCUT2D eigenvalue weighted by atomic mass is 10.1. The summed E-state index contributed by atoms with van der Waals surface area (Å²) < 4.78 is 1.23. The van der Waals surface area contributed by atoms with E-state index < -0.39 is 0 Å². The minimum Gasteiger partial charge on any atom is -0.313 e. The van der Waals surface area contributed by atoms with Crippen molar-refractivity contribution in [3.05, 3.63) is 34.3 Å². The van der Waals surface area contributed by atoms with E-state index in [1.165, 1.54) is 28.0 Å². The maximum absolute atomic E-state index is 3.64. The SMILES string of the molecule is CCCNC(CSCC)Cc1ccccc1Br. The number of halogens is 1. The molecule has 0 aliphatic heterocycles. The van der Waals surface area contributed by atoms with E-state index in [1.807, 2.05) is 11.8 Å². The van der Waals surface area contributed by atoms with Gasteiger partial charge in [-0.2, -0.15) is 11.8 Å². The van der Waals surface area contributed by atoms with Crippen LogP contribution in [0.2, 0.25) is 0 Å². The number of thioether (sulfide) groups is 1. The largest absolute Gasteiger partial charge is 0.313 e. The van der Waals surface area contributed by atoms with E-state index in [4.69, 9.17) is 0 Å². The van der Waals surface area contributed by atoms with Gasteiger partial charge in [0.15, 0.2) is 0 Å². The van der Waals surface area contributed by atoms with Crippen molar-refractivity contribution in [3.8, 4) is 0 Å².